The minimum Gasteiger partial charge on any atom is -0.493 e. The molecule has 4 N–H and O–H groups in total. The van der Waals surface area contributed by atoms with Gasteiger partial charge >= 0.3 is 12.0 Å². The number of rotatable bonds is 12. The number of carboxylic acid groups (broad SMARTS) is 1. The topological polar surface area (TPSA) is 125 Å². The molecule has 0 unspecified atom stereocenters. The lowest BCUT2D eigenvalue weighted by Crippen LogP contribution is -2.52. The fourth-order valence-corrected chi connectivity index (χ4v) is 6.16. The van der Waals surface area contributed by atoms with Crippen molar-refractivity contribution in [3.05, 3.63) is 65.5 Å². The molecule has 9 nitrogen and oxygen atoms in total. The van der Waals surface area contributed by atoms with Gasteiger partial charge in [0, 0.05) is 38.1 Å². The second kappa shape index (κ2) is 17.4. The number of carbonyl (C=O) groups is 3. The highest BCUT2D eigenvalue weighted by molar-refractivity contribution is 5.85. The Morgan fingerprint density at radius 1 is 0.978 bits per heavy atom. The Labute approximate surface area is 272 Å². The molecule has 1 saturated heterocycles. The Balaban J connectivity index is 0.00000552. The predicted octanol–water partition coefficient (Wildman–Crippen LogP) is 5.59. The van der Waals surface area contributed by atoms with Gasteiger partial charge in [0.1, 0.15) is 17.6 Å². The maximum Gasteiger partial charge on any atom is 0.320 e. The van der Waals surface area contributed by atoms with Crippen molar-refractivity contribution >= 4 is 30.3 Å². The van der Waals surface area contributed by atoms with E-state index in [2.05, 4.69) is 19.2 Å². The van der Waals surface area contributed by atoms with E-state index < -0.39 is 12.0 Å². The van der Waals surface area contributed by atoms with E-state index in [9.17, 15) is 18.8 Å². The van der Waals surface area contributed by atoms with Gasteiger partial charge in [0.25, 0.3) is 0 Å². The van der Waals surface area contributed by atoms with Crippen LogP contribution in [-0.2, 0) is 22.7 Å². The Bertz CT molecular complexity index is 1230. The highest BCUT2D eigenvalue weighted by Crippen LogP contribution is 2.33. The number of hydrogen-bond donors (Lipinski definition) is 3. The first-order chi connectivity index (χ1) is 21.1. The molecule has 2 aliphatic rings. The summed E-state index contributed by atoms with van der Waals surface area (Å²) in [4.78, 5) is 41.7. The predicted molar refractivity (Wildman–Crippen MR) is 173 cm³/mol. The van der Waals surface area contributed by atoms with E-state index in [1.54, 1.807) is 12.1 Å². The Hall–Kier alpha value is -3.37. The number of hydrogen-bond acceptors (Lipinski definition) is 5. The van der Waals surface area contributed by atoms with Crippen LogP contribution in [0.25, 0.3) is 0 Å². The highest BCUT2D eigenvalue weighted by Gasteiger charge is 2.34. The molecule has 2 aromatic carbocycles. The van der Waals surface area contributed by atoms with Crippen molar-refractivity contribution in [2.24, 2.45) is 23.5 Å². The second-order valence-electron chi connectivity index (χ2n) is 12.7. The number of nitrogens with zero attached hydrogens (tertiary/aromatic N) is 2. The van der Waals surface area contributed by atoms with Gasteiger partial charge < -0.3 is 30.7 Å². The minimum absolute atomic E-state index is 0. The van der Waals surface area contributed by atoms with Crippen LogP contribution in [0.2, 0.25) is 0 Å². The van der Waals surface area contributed by atoms with Gasteiger partial charge in [-0.25, -0.2) is 9.18 Å². The zero-order valence-electron chi connectivity index (χ0n) is 26.3. The summed E-state index contributed by atoms with van der Waals surface area (Å²) in [5.74, 6) is 0.270. The quantitative estimate of drug-likeness (QED) is 0.276. The monoisotopic (exact) mass is 646 g/mol. The smallest absolute Gasteiger partial charge is 0.320 e. The molecule has 2 fully saturated rings. The number of urea groups is 1. The summed E-state index contributed by atoms with van der Waals surface area (Å²) in [5, 5.41) is 12.2. The summed E-state index contributed by atoms with van der Waals surface area (Å²) in [7, 11) is 0. The van der Waals surface area contributed by atoms with Gasteiger partial charge in [-0.15, -0.1) is 12.4 Å². The molecule has 1 heterocycles. The molecule has 1 aliphatic carbocycles. The number of halogens is 2. The SMILES string of the molecule is CC(C)COc1ccc(CNC(=O)N(Cc2ccc(F)cc2)C2CCN(C(=O)C3CCC(C[C@@H](N)C(=O)O)CC3)CC2)cc1.Cl. The molecule has 11 heteroatoms. The fourth-order valence-electron chi connectivity index (χ4n) is 6.16. The van der Waals surface area contributed by atoms with Gasteiger partial charge in [-0.05, 0) is 92.2 Å². The molecular weight excluding hydrogens is 599 g/mol. The number of nitrogens with two attached hydrogens (primary N) is 1. The third kappa shape index (κ3) is 10.9. The largest absolute Gasteiger partial charge is 0.493 e. The van der Waals surface area contributed by atoms with E-state index in [4.69, 9.17) is 15.6 Å². The average molecular weight is 647 g/mol. The third-order valence-electron chi connectivity index (χ3n) is 8.79. The first-order valence-electron chi connectivity index (χ1n) is 15.9. The van der Waals surface area contributed by atoms with Crippen molar-refractivity contribution in [3.8, 4) is 5.75 Å². The van der Waals surface area contributed by atoms with Gasteiger partial charge in [-0.2, -0.15) is 0 Å². The van der Waals surface area contributed by atoms with E-state index in [-0.39, 0.29) is 48.0 Å². The van der Waals surface area contributed by atoms with Crippen LogP contribution in [0.15, 0.2) is 48.5 Å². The van der Waals surface area contributed by atoms with E-state index >= 15 is 0 Å². The summed E-state index contributed by atoms with van der Waals surface area (Å²) in [6, 6.07) is 12.8. The molecule has 4 rings (SSSR count). The third-order valence-corrected chi connectivity index (χ3v) is 8.79. The molecule has 0 bridgehead atoms. The van der Waals surface area contributed by atoms with Crippen molar-refractivity contribution in [2.75, 3.05) is 19.7 Å². The maximum absolute atomic E-state index is 13.6. The van der Waals surface area contributed by atoms with Gasteiger partial charge in [-0.1, -0.05) is 38.1 Å². The molecule has 0 radical (unpaired) electrons. The van der Waals surface area contributed by atoms with Gasteiger partial charge in [0.05, 0.1) is 6.61 Å². The summed E-state index contributed by atoms with van der Waals surface area (Å²) >= 11 is 0. The Kier molecular flexibility index (Phi) is 13.9. The molecule has 1 atom stereocenters. The molecular formula is C34H48ClFN4O5. The van der Waals surface area contributed by atoms with Gasteiger partial charge in [0.2, 0.25) is 5.91 Å². The zero-order chi connectivity index (χ0) is 31.6. The number of aliphatic carboxylic acids is 1. The van der Waals surface area contributed by atoms with Crippen LogP contribution in [0.4, 0.5) is 9.18 Å². The number of benzene rings is 2. The average Bonchev–Trinajstić information content (AvgIpc) is 3.03. The number of ether oxygens (including phenoxy) is 1. The van der Waals surface area contributed by atoms with E-state index in [1.807, 2.05) is 34.1 Å². The van der Waals surface area contributed by atoms with Crippen molar-refractivity contribution in [1.29, 1.82) is 0 Å². The lowest BCUT2D eigenvalue weighted by Gasteiger charge is -2.40. The lowest BCUT2D eigenvalue weighted by atomic mass is 9.78. The van der Waals surface area contributed by atoms with Crippen LogP contribution < -0.4 is 15.8 Å². The zero-order valence-corrected chi connectivity index (χ0v) is 27.1. The Morgan fingerprint density at radius 2 is 1.58 bits per heavy atom. The molecule has 0 aromatic heterocycles. The maximum atomic E-state index is 13.6. The normalized spacial score (nSPS) is 19.4. The van der Waals surface area contributed by atoms with Gasteiger partial charge in [-0.3, -0.25) is 9.59 Å². The standard InChI is InChI=1S/C34H47FN4O5.ClH/c1-23(2)22-44-30-13-7-25(8-14-30)20-37-34(43)39(21-26-5-11-28(35)12-6-26)29-15-17-38(18-16-29)32(40)27-9-3-24(4-10-27)19-31(36)33(41)42;/h5-8,11-14,23-24,27,29,31H,3-4,9-10,15-22,36H2,1-2H3,(H,37,43)(H,41,42);1H/t24?,27?,31-;/m1./s1. The number of nitrogens with one attached hydrogen (secondary N) is 1. The summed E-state index contributed by atoms with van der Waals surface area (Å²) in [6.45, 7) is 6.68. The van der Waals surface area contributed by atoms with Crippen LogP contribution >= 0.6 is 12.4 Å². The second-order valence-corrected chi connectivity index (χ2v) is 12.7. The lowest BCUT2D eigenvalue weighted by molar-refractivity contribution is -0.140. The number of carboxylic acids is 1. The van der Waals surface area contributed by atoms with Crippen LogP contribution in [0.5, 0.6) is 5.75 Å². The first kappa shape index (κ1) is 36.1. The fraction of sp³-hybridized carbons (Fsp3) is 0.559. The summed E-state index contributed by atoms with van der Waals surface area (Å²) < 4.78 is 19.3. The van der Waals surface area contributed by atoms with E-state index in [1.165, 1.54) is 12.1 Å². The van der Waals surface area contributed by atoms with Crippen molar-refractivity contribution < 1.29 is 28.6 Å². The van der Waals surface area contributed by atoms with E-state index in [0.717, 1.165) is 42.6 Å². The number of carbonyl (C=O) groups excluding carboxylic acids is 2. The Morgan fingerprint density at radius 3 is 2.16 bits per heavy atom. The molecule has 1 saturated carbocycles. The molecule has 0 spiro atoms. The van der Waals surface area contributed by atoms with Gasteiger partial charge in [0.15, 0.2) is 0 Å². The van der Waals surface area contributed by atoms with Crippen molar-refractivity contribution in [3.63, 3.8) is 0 Å². The van der Waals surface area contributed by atoms with Crippen LogP contribution in [0.3, 0.4) is 0 Å². The highest BCUT2D eigenvalue weighted by atomic mass is 35.5. The van der Waals surface area contributed by atoms with E-state index in [0.29, 0.717) is 58.0 Å². The van der Waals surface area contributed by atoms with Crippen LogP contribution in [-0.4, -0.2) is 64.6 Å². The summed E-state index contributed by atoms with van der Waals surface area (Å²) in [5.41, 5.74) is 7.51. The van der Waals surface area contributed by atoms with Crippen LogP contribution in [0.1, 0.15) is 69.9 Å². The number of piperidine rings is 1. The number of amides is 3. The summed E-state index contributed by atoms with van der Waals surface area (Å²) in [6.07, 6.45) is 4.89. The molecule has 45 heavy (non-hydrogen) atoms. The first-order valence-corrected chi connectivity index (χ1v) is 15.9. The molecule has 2 aromatic rings. The molecule has 248 valence electrons. The number of likely N-dealkylation sites (tertiary alicyclic amines) is 1. The van der Waals surface area contributed by atoms with Crippen molar-refractivity contribution in [1.82, 2.24) is 15.1 Å². The van der Waals surface area contributed by atoms with Crippen LogP contribution in [0, 0.1) is 23.6 Å². The minimum atomic E-state index is -0.977. The van der Waals surface area contributed by atoms with Crippen molar-refractivity contribution in [2.45, 2.75) is 84.0 Å². The molecule has 3 amide bonds. The molecule has 1 aliphatic heterocycles.